The molecule has 2 atom stereocenters. The second kappa shape index (κ2) is 4.59. The molecule has 13 heavy (non-hydrogen) atoms. The van der Waals surface area contributed by atoms with Crippen LogP contribution in [0, 0.1) is 0 Å². The van der Waals surface area contributed by atoms with Crippen LogP contribution in [0.2, 0.25) is 0 Å². The summed E-state index contributed by atoms with van der Waals surface area (Å²) in [6, 6.07) is -0.00583. The molecule has 0 bridgehead atoms. The van der Waals surface area contributed by atoms with E-state index in [4.69, 9.17) is 16.3 Å². The molecule has 1 aliphatic rings. The molecule has 1 fully saturated rings. The summed E-state index contributed by atoms with van der Waals surface area (Å²) >= 11 is 5.26. The first-order chi connectivity index (χ1) is 6.07. The van der Waals surface area contributed by atoms with Crippen LogP contribution in [0.25, 0.3) is 0 Å². The molecule has 0 aliphatic heterocycles. The minimum atomic E-state index is -3.27. The van der Waals surface area contributed by atoms with E-state index in [-0.39, 0.29) is 17.4 Å². The van der Waals surface area contributed by atoms with E-state index < -0.39 is 10.0 Å². The number of sulfonamides is 1. The highest BCUT2D eigenvalue weighted by Gasteiger charge is 2.27. The maximum absolute atomic E-state index is 11.1. The zero-order valence-corrected chi connectivity index (χ0v) is 9.07. The van der Waals surface area contributed by atoms with Crippen molar-refractivity contribution in [1.29, 1.82) is 0 Å². The number of halogens is 1. The van der Waals surface area contributed by atoms with E-state index in [0.29, 0.717) is 0 Å². The van der Waals surface area contributed by atoms with Gasteiger partial charge in [-0.15, -0.1) is 11.6 Å². The second-order valence-electron chi connectivity index (χ2n) is 3.21. The van der Waals surface area contributed by atoms with Gasteiger partial charge in [-0.05, 0) is 19.3 Å². The zero-order valence-electron chi connectivity index (χ0n) is 7.49. The third-order valence-corrected chi connectivity index (χ3v) is 4.05. The highest BCUT2D eigenvalue weighted by molar-refractivity contribution is 7.90. The molecular weight excluding hydrogens is 214 g/mol. The average Bonchev–Trinajstić information content (AvgIpc) is 2.52. The maximum atomic E-state index is 11.1. The Balaban J connectivity index is 2.40. The van der Waals surface area contributed by atoms with Crippen LogP contribution in [0.1, 0.15) is 19.3 Å². The Morgan fingerprint density at radius 3 is 2.69 bits per heavy atom. The van der Waals surface area contributed by atoms with Gasteiger partial charge in [0.2, 0.25) is 10.0 Å². The number of hydrogen-bond donors (Lipinski definition) is 1. The van der Waals surface area contributed by atoms with Crippen LogP contribution in [-0.2, 0) is 14.8 Å². The van der Waals surface area contributed by atoms with Gasteiger partial charge in [0.25, 0.3) is 0 Å². The maximum Gasteiger partial charge on any atom is 0.225 e. The molecule has 0 amide bonds. The predicted molar refractivity (Wildman–Crippen MR) is 51.2 cm³/mol. The summed E-state index contributed by atoms with van der Waals surface area (Å²) in [4.78, 5) is 0. The number of nitrogens with one attached hydrogen (secondary N) is 1. The Morgan fingerprint density at radius 1 is 1.54 bits per heavy atom. The van der Waals surface area contributed by atoms with Gasteiger partial charge in [0.15, 0.2) is 0 Å². The minimum absolute atomic E-state index is 0.00583. The molecule has 1 aliphatic carbocycles. The van der Waals surface area contributed by atoms with Gasteiger partial charge in [-0.2, -0.15) is 0 Å². The van der Waals surface area contributed by atoms with Crippen molar-refractivity contribution in [2.45, 2.75) is 31.4 Å². The van der Waals surface area contributed by atoms with Gasteiger partial charge in [-0.3, -0.25) is 0 Å². The summed E-state index contributed by atoms with van der Waals surface area (Å²) < 4.78 is 29.8. The molecule has 0 spiro atoms. The van der Waals surface area contributed by atoms with Crippen LogP contribution in [0.5, 0.6) is 0 Å². The van der Waals surface area contributed by atoms with E-state index in [1.54, 1.807) is 7.11 Å². The molecule has 0 aromatic carbocycles. The zero-order chi connectivity index (χ0) is 9.90. The van der Waals surface area contributed by atoms with Gasteiger partial charge in [0, 0.05) is 13.2 Å². The van der Waals surface area contributed by atoms with Crippen LogP contribution < -0.4 is 4.72 Å². The fourth-order valence-electron chi connectivity index (χ4n) is 1.55. The Hall–Kier alpha value is 0.160. The topological polar surface area (TPSA) is 55.4 Å². The van der Waals surface area contributed by atoms with Crippen LogP contribution >= 0.6 is 11.6 Å². The highest BCUT2D eigenvalue weighted by atomic mass is 35.5. The molecule has 0 aromatic heterocycles. The molecule has 4 nitrogen and oxygen atoms in total. The van der Waals surface area contributed by atoms with E-state index in [2.05, 4.69) is 4.72 Å². The molecule has 6 heteroatoms. The molecule has 78 valence electrons. The quantitative estimate of drug-likeness (QED) is 0.719. The molecule has 0 heterocycles. The molecule has 0 aromatic rings. The summed E-state index contributed by atoms with van der Waals surface area (Å²) in [6.45, 7) is 0. The van der Waals surface area contributed by atoms with E-state index >= 15 is 0 Å². The van der Waals surface area contributed by atoms with Gasteiger partial charge >= 0.3 is 0 Å². The smallest absolute Gasteiger partial charge is 0.225 e. The van der Waals surface area contributed by atoms with Crippen LogP contribution in [0.3, 0.4) is 0 Å². The van der Waals surface area contributed by atoms with Crippen molar-refractivity contribution in [3.05, 3.63) is 0 Å². The van der Waals surface area contributed by atoms with Crippen molar-refractivity contribution in [1.82, 2.24) is 4.72 Å². The van der Waals surface area contributed by atoms with Gasteiger partial charge in [0.05, 0.1) is 6.10 Å². The number of alkyl halides is 1. The van der Waals surface area contributed by atoms with Gasteiger partial charge in [-0.1, -0.05) is 0 Å². The van der Waals surface area contributed by atoms with E-state index in [9.17, 15) is 8.42 Å². The first kappa shape index (κ1) is 11.2. The van der Waals surface area contributed by atoms with Crippen LogP contribution in [0.15, 0.2) is 0 Å². The largest absolute Gasteiger partial charge is 0.381 e. The fraction of sp³-hybridized carbons (Fsp3) is 1.00. The Kier molecular flexibility index (Phi) is 3.97. The van der Waals surface area contributed by atoms with Gasteiger partial charge in [0.1, 0.15) is 5.21 Å². The Bertz CT molecular complexity index is 254. The van der Waals surface area contributed by atoms with Crippen molar-refractivity contribution in [3.63, 3.8) is 0 Å². The number of methoxy groups -OCH3 is 1. The first-order valence-electron chi connectivity index (χ1n) is 4.16. The molecule has 1 rings (SSSR count). The van der Waals surface area contributed by atoms with Crippen molar-refractivity contribution in [2.24, 2.45) is 0 Å². The van der Waals surface area contributed by atoms with Crippen molar-refractivity contribution < 1.29 is 13.2 Å². The van der Waals surface area contributed by atoms with Crippen LogP contribution in [0.4, 0.5) is 0 Å². The first-order valence-corrected chi connectivity index (χ1v) is 6.35. The normalized spacial score (nSPS) is 29.4. The van der Waals surface area contributed by atoms with Crippen molar-refractivity contribution in [3.8, 4) is 0 Å². The molecule has 2 unspecified atom stereocenters. The van der Waals surface area contributed by atoms with E-state index in [0.717, 1.165) is 19.3 Å². The van der Waals surface area contributed by atoms with Crippen molar-refractivity contribution >= 4 is 21.6 Å². The summed E-state index contributed by atoms with van der Waals surface area (Å²) in [7, 11) is -1.63. The Labute approximate surface area is 83.7 Å². The van der Waals surface area contributed by atoms with E-state index in [1.165, 1.54) is 0 Å². The number of hydrogen-bond acceptors (Lipinski definition) is 3. The summed E-state index contributed by atoms with van der Waals surface area (Å²) in [5.41, 5.74) is 0. The summed E-state index contributed by atoms with van der Waals surface area (Å²) in [5.74, 6) is 0. The summed E-state index contributed by atoms with van der Waals surface area (Å²) in [6.07, 6.45) is 2.66. The van der Waals surface area contributed by atoms with E-state index in [1.807, 2.05) is 0 Å². The molecule has 0 saturated heterocycles. The average molecular weight is 228 g/mol. The third-order valence-electron chi connectivity index (χ3n) is 2.21. The lowest BCUT2D eigenvalue weighted by atomic mass is 10.3. The molecular formula is C7H14ClNO3S. The standard InChI is InChI=1S/C7H14ClNO3S/c1-12-7-3-2-6(4-7)9-13(10,11)5-8/h6-7,9H,2-5H2,1H3. The molecule has 0 radical (unpaired) electrons. The van der Waals surface area contributed by atoms with Gasteiger partial charge < -0.3 is 4.74 Å². The summed E-state index contributed by atoms with van der Waals surface area (Å²) in [5, 5.41) is -0.374. The number of ether oxygens (including phenoxy) is 1. The van der Waals surface area contributed by atoms with Crippen LogP contribution in [-0.4, -0.2) is 32.9 Å². The SMILES string of the molecule is COC1CCC(NS(=O)(=O)CCl)C1. The van der Waals surface area contributed by atoms with Crippen molar-refractivity contribution in [2.75, 3.05) is 12.3 Å². The lowest BCUT2D eigenvalue weighted by molar-refractivity contribution is 0.107. The lowest BCUT2D eigenvalue weighted by Gasteiger charge is -2.11. The predicted octanol–water partition coefficient (Wildman–Crippen LogP) is 0.670. The Morgan fingerprint density at radius 2 is 2.23 bits per heavy atom. The highest BCUT2D eigenvalue weighted by Crippen LogP contribution is 2.21. The minimum Gasteiger partial charge on any atom is -0.381 e. The second-order valence-corrected chi connectivity index (χ2v) is 5.55. The third kappa shape index (κ3) is 3.42. The number of rotatable bonds is 4. The monoisotopic (exact) mass is 227 g/mol. The fourth-order valence-corrected chi connectivity index (χ4v) is 2.52. The molecule has 1 saturated carbocycles. The van der Waals surface area contributed by atoms with Gasteiger partial charge in [-0.25, -0.2) is 13.1 Å². The molecule has 1 N–H and O–H groups in total. The lowest BCUT2D eigenvalue weighted by Crippen LogP contribution is -2.33.